The van der Waals surface area contributed by atoms with E-state index in [0.717, 1.165) is 108 Å². The van der Waals surface area contributed by atoms with Crippen LogP contribution in [0.3, 0.4) is 0 Å². The van der Waals surface area contributed by atoms with Crippen LogP contribution in [0.15, 0.2) is 0 Å². The summed E-state index contributed by atoms with van der Waals surface area (Å²) in [4.78, 5) is 72.7. The van der Waals surface area contributed by atoms with Crippen LogP contribution in [-0.2, 0) is 65.4 Å². The summed E-state index contributed by atoms with van der Waals surface area (Å²) >= 11 is 0. The first-order valence-electron chi connectivity index (χ1n) is 39.4. The highest BCUT2D eigenvalue weighted by Gasteiger charge is 2.30. The Morgan fingerprint density at radius 1 is 0.305 bits per heavy atom. The van der Waals surface area contributed by atoms with Gasteiger partial charge in [-0.3, -0.25) is 37.3 Å². The first-order valence-corrected chi connectivity index (χ1v) is 42.4. The summed E-state index contributed by atoms with van der Waals surface area (Å²) in [6.45, 7) is 11.9. The van der Waals surface area contributed by atoms with Gasteiger partial charge in [0.1, 0.15) is 19.3 Å². The third-order valence-electron chi connectivity index (χ3n) is 18.0. The van der Waals surface area contributed by atoms with Crippen LogP contribution in [0.25, 0.3) is 0 Å². The van der Waals surface area contributed by atoms with Gasteiger partial charge in [-0.25, -0.2) is 9.13 Å². The monoisotopic (exact) mass is 1400 g/mol. The molecule has 3 N–H and O–H groups in total. The minimum atomic E-state index is -4.96. The largest absolute Gasteiger partial charge is 0.472 e. The highest BCUT2D eigenvalue weighted by molar-refractivity contribution is 7.47. The van der Waals surface area contributed by atoms with Crippen LogP contribution < -0.4 is 0 Å². The van der Waals surface area contributed by atoms with Crippen LogP contribution in [0.5, 0.6) is 0 Å². The second-order valence-electron chi connectivity index (χ2n) is 28.6. The number of hydrogen-bond acceptors (Lipinski definition) is 15. The average Bonchev–Trinajstić information content (AvgIpc) is 1.28. The Balaban J connectivity index is 5.22. The van der Waals surface area contributed by atoms with Gasteiger partial charge in [0.15, 0.2) is 12.2 Å². The minimum absolute atomic E-state index is 0.106. The van der Waals surface area contributed by atoms with Gasteiger partial charge in [0.05, 0.1) is 26.4 Å². The third-order valence-corrected chi connectivity index (χ3v) is 19.9. The molecule has 0 rings (SSSR count). The highest BCUT2D eigenvalue weighted by atomic mass is 31.2. The van der Waals surface area contributed by atoms with E-state index in [2.05, 4.69) is 48.5 Å². The van der Waals surface area contributed by atoms with Crippen LogP contribution in [0, 0.1) is 17.8 Å². The average molecular weight is 1400 g/mol. The quantitative estimate of drug-likeness (QED) is 0.0222. The molecule has 6 atom stereocenters. The molecule has 95 heavy (non-hydrogen) atoms. The molecule has 0 aliphatic rings. The van der Waals surface area contributed by atoms with E-state index in [1.165, 1.54) is 193 Å². The van der Waals surface area contributed by atoms with Crippen molar-refractivity contribution >= 4 is 39.5 Å². The third kappa shape index (κ3) is 69.0. The number of aliphatic hydroxyl groups excluding tert-OH is 1. The zero-order chi connectivity index (χ0) is 70.1. The van der Waals surface area contributed by atoms with Crippen molar-refractivity contribution in [1.29, 1.82) is 0 Å². The lowest BCUT2D eigenvalue weighted by Crippen LogP contribution is -2.30. The molecule has 564 valence electrons. The Morgan fingerprint density at radius 3 is 0.800 bits per heavy atom. The Kier molecular flexibility index (Phi) is 65.2. The number of unbranched alkanes of at least 4 members (excludes halogenated alkanes) is 41. The van der Waals surface area contributed by atoms with Gasteiger partial charge in [-0.15, -0.1) is 0 Å². The van der Waals surface area contributed by atoms with E-state index in [9.17, 15) is 43.2 Å². The Hall–Kier alpha value is -1.94. The standard InChI is InChI=1S/C76H148O17P2/c1-8-10-11-12-13-14-23-31-36-45-52-59-75(80)93-72(64-87-74(79)58-51-44-39-38-41-48-55-68(5)6)66-91-95(84,85)89-62-70(77)61-88-94(82,83)90-65-71(63-86-73(78)57-50-43-35-30-26-21-17-15-19-24-28-33-40-47-54-67(3)4)92-76(81)60-53-46-37-32-27-22-18-16-20-25-29-34-42-49-56-69(7)9-2/h67-72,77H,8-66H2,1-7H3,(H,82,83)(H,84,85)/t69?,70-,71-,72-/m1/s1. The lowest BCUT2D eigenvalue weighted by atomic mass is 9.99. The van der Waals surface area contributed by atoms with Crippen LogP contribution in [0.2, 0.25) is 0 Å². The number of aliphatic hydroxyl groups is 1. The van der Waals surface area contributed by atoms with Gasteiger partial charge in [0, 0.05) is 25.7 Å². The van der Waals surface area contributed by atoms with E-state index in [4.69, 9.17) is 37.0 Å². The number of carbonyl (C=O) groups is 4. The van der Waals surface area contributed by atoms with Crippen molar-refractivity contribution in [3.8, 4) is 0 Å². The van der Waals surface area contributed by atoms with Crippen molar-refractivity contribution in [1.82, 2.24) is 0 Å². The summed E-state index contributed by atoms with van der Waals surface area (Å²) in [6, 6.07) is 0. The molecule has 17 nitrogen and oxygen atoms in total. The molecule has 0 aliphatic carbocycles. The molecule has 0 aromatic rings. The number of esters is 4. The molecule has 0 aromatic carbocycles. The van der Waals surface area contributed by atoms with E-state index < -0.39 is 97.5 Å². The molecule has 0 fully saturated rings. The lowest BCUT2D eigenvalue weighted by molar-refractivity contribution is -0.161. The SMILES string of the molecule is CCCCCCCCCCCCCC(=O)O[C@H](COC(=O)CCCCCCCCC(C)C)COP(=O)(O)OC[C@H](O)COP(=O)(O)OC[C@@H](COC(=O)CCCCCCCCCCCCCCCCC(C)C)OC(=O)CCCCCCCCCCCCCCCCC(C)CC. The summed E-state index contributed by atoms with van der Waals surface area (Å²) in [5.41, 5.74) is 0. The van der Waals surface area contributed by atoms with Crippen LogP contribution >= 0.6 is 15.6 Å². The molecule has 0 bridgehead atoms. The van der Waals surface area contributed by atoms with Gasteiger partial charge in [0.25, 0.3) is 0 Å². The summed E-state index contributed by atoms with van der Waals surface area (Å²) in [5, 5.41) is 10.6. The maximum atomic E-state index is 13.1. The molecule has 0 aromatic heterocycles. The number of phosphoric acid groups is 2. The number of phosphoric ester groups is 2. The molecule has 0 saturated carbocycles. The number of ether oxygens (including phenoxy) is 4. The maximum Gasteiger partial charge on any atom is 0.472 e. The predicted molar refractivity (Wildman–Crippen MR) is 386 cm³/mol. The smallest absolute Gasteiger partial charge is 0.462 e. The zero-order valence-corrected chi connectivity index (χ0v) is 63.9. The first kappa shape index (κ1) is 93.1. The van der Waals surface area contributed by atoms with Crippen molar-refractivity contribution in [2.45, 2.75) is 407 Å². The molecular weight excluding hydrogens is 1250 g/mol. The van der Waals surface area contributed by atoms with Gasteiger partial charge in [-0.1, -0.05) is 337 Å². The Bertz CT molecular complexity index is 1850. The second kappa shape index (κ2) is 66.6. The molecular formula is C76H148O17P2. The van der Waals surface area contributed by atoms with Gasteiger partial charge in [-0.05, 0) is 43.4 Å². The fourth-order valence-electron chi connectivity index (χ4n) is 11.6. The summed E-state index contributed by atoms with van der Waals surface area (Å²) in [5.74, 6) is 0.206. The number of rotatable bonds is 74. The molecule has 3 unspecified atom stereocenters. The Morgan fingerprint density at radius 2 is 0.537 bits per heavy atom. The van der Waals surface area contributed by atoms with Gasteiger partial charge >= 0.3 is 39.5 Å². The van der Waals surface area contributed by atoms with Crippen molar-refractivity contribution in [3.63, 3.8) is 0 Å². The fourth-order valence-corrected chi connectivity index (χ4v) is 13.1. The van der Waals surface area contributed by atoms with E-state index in [1.54, 1.807) is 0 Å². The van der Waals surface area contributed by atoms with E-state index >= 15 is 0 Å². The molecule has 19 heteroatoms. The zero-order valence-electron chi connectivity index (χ0n) is 62.1. The lowest BCUT2D eigenvalue weighted by Gasteiger charge is -2.21. The fraction of sp³-hybridized carbons (Fsp3) is 0.947. The molecule has 0 aliphatic heterocycles. The summed E-state index contributed by atoms with van der Waals surface area (Å²) in [6.07, 6.45) is 52.8. The first-order chi connectivity index (χ1) is 45.8. The second-order valence-corrected chi connectivity index (χ2v) is 31.5. The number of hydrogen-bond donors (Lipinski definition) is 3. The highest BCUT2D eigenvalue weighted by Crippen LogP contribution is 2.45. The van der Waals surface area contributed by atoms with Crippen LogP contribution in [0.4, 0.5) is 0 Å². The summed E-state index contributed by atoms with van der Waals surface area (Å²) < 4.78 is 68.5. The molecule has 0 spiro atoms. The molecule has 0 amide bonds. The van der Waals surface area contributed by atoms with Gasteiger partial charge in [-0.2, -0.15) is 0 Å². The van der Waals surface area contributed by atoms with E-state index in [0.29, 0.717) is 31.6 Å². The van der Waals surface area contributed by atoms with Gasteiger partial charge < -0.3 is 33.8 Å². The topological polar surface area (TPSA) is 237 Å². The molecule has 0 heterocycles. The van der Waals surface area contributed by atoms with Crippen molar-refractivity contribution < 1.29 is 80.2 Å². The summed E-state index contributed by atoms with van der Waals surface area (Å²) in [7, 11) is -9.91. The maximum absolute atomic E-state index is 13.1. The minimum Gasteiger partial charge on any atom is -0.462 e. The Labute approximate surface area is 581 Å². The normalized spacial score (nSPS) is 14.4. The van der Waals surface area contributed by atoms with Crippen LogP contribution in [-0.4, -0.2) is 96.7 Å². The predicted octanol–water partition coefficient (Wildman–Crippen LogP) is 22.2. The van der Waals surface area contributed by atoms with E-state index in [1.807, 2.05) is 0 Å². The van der Waals surface area contributed by atoms with Crippen LogP contribution in [0.1, 0.15) is 389 Å². The number of carbonyl (C=O) groups excluding carboxylic acids is 4. The van der Waals surface area contributed by atoms with Crippen molar-refractivity contribution in [2.75, 3.05) is 39.6 Å². The van der Waals surface area contributed by atoms with Crippen molar-refractivity contribution in [3.05, 3.63) is 0 Å². The molecule has 0 radical (unpaired) electrons. The van der Waals surface area contributed by atoms with E-state index in [-0.39, 0.29) is 25.7 Å². The van der Waals surface area contributed by atoms with Crippen molar-refractivity contribution in [2.24, 2.45) is 17.8 Å². The van der Waals surface area contributed by atoms with Gasteiger partial charge in [0.2, 0.25) is 0 Å². The molecule has 0 saturated heterocycles.